The maximum absolute atomic E-state index is 5.94. The summed E-state index contributed by atoms with van der Waals surface area (Å²) in [4.78, 5) is 3.90. The number of nitrogens with zero attached hydrogens (tertiary/aromatic N) is 1. The standard InChI is InChI=1S/C9H4Cl3N.Cr/c10-7-5-3-1-2-4-6(5)8(11)13-9(7)12;/h1-4H;. The van der Waals surface area contributed by atoms with E-state index < -0.39 is 0 Å². The molecule has 0 aliphatic heterocycles. The average molecular weight is 284 g/mol. The first-order valence-corrected chi connectivity index (χ1v) is 4.73. The molecule has 0 atom stereocenters. The summed E-state index contributed by atoms with van der Waals surface area (Å²) in [6.45, 7) is 0. The normalized spacial score (nSPS) is 9.93. The van der Waals surface area contributed by atoms with Gasteiger partial charge in [-0.2, -0.15) is 0 Å². The Morgan fingerprint density at radius 3 is 2.07 bits per heavy atom. The number of halogens is 3. The van der Waals surface area contributed by atoms with Gasteiger partial charge < -0.3 is 0 Å². The molecular formula is C9H4Cl3CrN. The molecule has 14 heavy (non-hydrogen) atoms. The fourth-order valence-electron chi connectivity index (χ4n) is 1.16. The van der Waals surface area contributed by atoms with Gasteiger partial charge in [0.2, 0.25) is 0 Å². The van der Waals surface area contributed by atoms with Crippen LogP contribution in [0.3, 0.4) is 0 Å². The minimum atomic E-state index is 0. The van der Waals surface area contributed by atoms with E-state index in [2.05, 4.69) is 4.98 Å². The minimum absolute atomic E-state index is 0. The third-order valence-corrected chi connectivity index (χ3v) is 2.80. The van der Waals surface area contributed by atoms with Crippen LogP contribution in [0.15, 0.2) is 24.3 Å². The Kier molecular flexibility index (Phi) is 4.06. The predicted molar refractivity (Wildman–Crippen MR) is 56.8 cm³/mol. The molecule has 1 nitrogen and oxygen atoms in total. The smallest absolute Gasteiger partial charge is 0.150 e. The average Bonchev–Trinajstić information content (AvgIpc) is 2.15. The van der Waals surface area contributed by atoms with Crippen molar-refractivity contribution in [3.05, 3.63) is 39.6 Å². The number of rotatable bonds is 0. The first-order valence-electron chi connectivity index (χ1n) is 3.59. The van der Waals surface area contributed by atoms with Gasteiger partial charge in [0.15, 0.2) is 0 Å². The number of hydrogen-bond donors (Lipinski definition) is 0. The molecule has 2 rings (SSSR count). The minimum Gasteiger partial charge on any atom is -0.222 e. The van der Waals surface area contributed by atoms with Crippen molar-refractivity contribution < 1.29 is 17.4 Å². The molecule has 2 aromatic rings. The fraction of sp³-hybridized carbons (Fsp3) is 0. The molecule has 1 heterocycles. The SMILES string of the molecule is Clc1nc(Cl)c2ccccc2c1Cl.[Cr]. The molecule has 0 bridgehead atoms. The first kappa shape index (κ1) is 12.1. The van der Waals surface area contributed by atoms with Crippen LogP contribution in [0.2, 0.25) is 15.3 Å². The van der Waals surface area contributed by atoms with E-state index in [4.69, 9.17) is 34.8 Å². The fourth-order valence-corrected chi connectivity index (χ4v) is 1.85. The van der Waals surface area contributed by atoms with Gasteiger partial charge in [-0.1, -0.05) is 59.1 Å². The maximum atomic E-state index is 5.94. The van der Waals surface area contributed by atoms with Crippen molar-refractivity contribution in [1.29, 1.82) is 0 Å². The van der Waals surface area contributed by atoms with Crippen molar-refractivity contribution >= 4 is 45.6 Å². The second kappa shape index (κ2) is 4.70. The Labute approximate surface area is 107 Å². The molecule has 0 aliphatic rings. The zero-order valence-corrected chi connectivity index (χ0v) is 10.3. The van der Waals surface area contributed by atoms with Gasteiger partial charge in [0, 0.05) is 28.1 Å². The number of benzene rings is 1. The molecule has 72 valence electrons. The Balaban J connectivity index is 0.000000980. The van der Waals surface area contributed by atoms with Crippen LogP contribution in [0.1, 0.15) is 0 Å². The van der Waals surface area contributed by atoms with Crippen molar-refractivity contribution in [2.75, 3.05) is 0 Å². The second-order valence-electron chi connectivity index (χ2n) is 2.55. The first-order chi connectivity index (χ1) is 6.20. The molecule has 0 spiro atoms. The van der Waals surface area contributed by atoms with E-state index in [9.17, 15) is 0 Å². The quantitative estimate of drug-likeness (QED) is 0.661. The molecule has 0 fully saturated rings. The van der Waals surface area contributed by atoms with Gasteiger partial charge >= 0.3 is 0 Å². The molecule has 1 aromatic carbocycles. The monoisotopic (exact) mass is 283 g/mol. The molecule has 0 saturated carbocycles. The summed E-state index contributed by atoms with van der Waals surface area (Å²) in [6, 6.07) is 7.46. The number of fused-ring (bicyclic) bond motifs is 1. The third kappa shape index (κ3) is 2.00. The van der Waals surface area contributed by atoms with Gasteiger partial charge in [-0.25, -0.2) is 4.98 Å². The van der Waals surface area contributed by atoms with Crippen LogP contribution < -0.4 is 0 Å². The molecule has 0 saturated heterocycles. The maximum Gasteiger partial charge on any atom is 0.150 e. The number of hydrogen-bond acceptors (Lipinski definition) is 1. The van der Waals surface area contributed by atoms with E-state index in [0.717, 1.165) is 10.8 Å². The van der Waals surface area contributed by atoms with Gasteiger partial charge in [-0.15, -0.1) is 0 Å². The Morgan fingerprint density at radius 2 is 1.43 bits per heavy atom. The Morgan fingerprint density at radius 1 is 0.857 bits per heavy atom. The summed E-state index contributed by atoms with van der Waals surface area (Å²) >= 11 is 17.6. The van der Waals surface area contributed by atoms with E-state index >= 15 is 0 Å². The second-order valence-corrected chi connectivity index (χ2v) is 3.65. The molecule has 0 radical (unpaired) electrons. The summed E-state index contributed by atoms with van der Waals surface area (Å²) in [6.07, 6.45) is 0. The molecule has 0 aliphatic carbocycles. The Bertz CT molecular complexity index is 473. The van der Waals surface area contributed by atoms with Gasteiger partial charge in [0.25, 0.3) is 0 Å². The van der Waals surface area contributed by atoms with Gasteiger partial charge in [-0.05, 0) is 0 Å². The van der Waals surface area contributed by atoms with Crippen LogP contribution in [-0.4, -0.2) is 4.98 Å². The third-order valence-electron chi connectivity index (χ3n) is 1.76. The van der Waals surface area contributed by atoms with Crippen LogP contribution in [-0.2, 0) is 17.4 Å². The zero-order chi connectivity index (χ0) is 9.42. The largest absolute Gasteiger partial charge is 0.222 e. The van der Waals surface area contributed by atoms with E-state index in [0.29, 0.717) is 10.2 Å². The molecule has 0 amide bonds. The topological polar surface area (TPSA) is 12.9 Å². The van der Waals surface area contributed by atoms with Crippen LogP contribution in [0.4, 0.5) is 0 Å². The van der Waals surface area contributed by atoms with Crippen LogP contribution in [0.5, 0.6) is 0 Å². The summed E-state index contributed by atoms with van der Waals surface area (Å²) in [5, 5.41) is 2.71. The van der Waals surface area contributed by atoms with Gasteiger partial charge in [-0.3, -0.25) is 0 Å². The number of pyridine rings is 1. The molecule has 5 heteroatoms. The van der Waals surface area contributed by atoms with Crippen molar-refractivity contribution in [2.45, 2.75) is 0 Å². The van der Waals surface area contributed by atoms with Crippen molar-refractivity contribution in [1.82, 2.24) is 4.98 Å². The van der Waals surface area contributed by atoms with Crippen molar-refractivity contribution in [3.63, 3.8) is 0 Å². The van der Waals surface area contributed by atoms with Crippen molar-refractivity contribution in [3.8, 4) is 0 Å². The van der Waals surface area contributed by atoms with E-state index in [-0.39, 0.29) is 22.5 Å². The van der Waals surface area contributed by atoms with Gasteiger partial charge in [0.05, 0.1) is 5.02 Å². The Hall–Kier alpha value is 0.0325. The molecule has 0 N–H and O–H groups in total. The molecule has 1 aromatic heterocycles. The molecular weight excluding hydrogens is 280 g/mol. The van der Waals surface area contributed by atoms with Crippen LogP contribution >= 0.6 is 34.8 Å². The number of aromatic nitrogens is 1. The van der Waals surface area contributed by atoms with Crippen LogP contribution in [0, 0.1) is 0 Å². The van der Waals surface area contributed by atoms with E-state index in [1.165, 1.54) is 0 Å². The zero-order valence-electron chi connectivity index (χ0n) is 6.80. The van der Waals surface area contributed by atoms with Gasteiger partial charge in [0.1, 0.15) is 10.3 Å². The van der Waals surface area contributed by atoms with Crippen molar-refractivity contribution in [2.24, 2.45) is 0 Å². The van der Waals surface area contributed by atoms with E-state index in [1.807, 2.05) is 24.3 Å². The van der Waals surface area contributed by atoms with E-state index in [1.54, 1.807) is 0 Å². The predicted octanol–water partition coefficient (Wildman–Crippen LogP) is 4.19. The summed E-state index contributed by atoms with van der Waals surface area (Å²) in [5.41, 5.74) is 0. The van der Waals surface area contributed by atoms with Crippen LogP contribution in [0.25, 0.3) is 10.8 Å². The molecule has 0 unspecified atom stereocenters. The summed E-state index contributed by atoms with van der Waals surface area (Å²) < 4.78 is 0. The summed E-state index contributed by atoms with van der Waals surface area (Å²) in [5.74, 6) is 0. The summed E-state index contributed by atoms with van der Waals surface area (Å²) in [7, 11) is 0.